The van der Waals surface area contributed by atoms with Crippen LogP contribution in [0.5, 0.6) is 0 Å². The van der Waals surface area contributed by atoms with Crippen molar-refractivity contribution < 1.29 is 0 Å². The fourth-order valence-electron chi connectivity index (χ4n) is 3.68. The van der Waals surface area contributed by atoms with Gasteiger partial charge in [-0.25, -0.2) is 0 Å². The third kappa shape index (κ3) is 3.78. The second-order valence-corrected chi connectivity index (χ2v) is 6.56. The van der Waals surface area contributed by atoms with E-state index < -0.39 is 0 Å². The van der Waals surface area contributed by atoms with Crippen LogP contribution in [0.1, 0.15) is 49.7 Å². The van der Waals surface area contributed by atoms with Crippen LogP contribution in [0.3, 0.4) is 0 Å². The third-order valence-electron chi connectivity index (χ3n) is 4.99. The van der Waals surface area contributed by atoms with Crippen LogP contribution in [0.4, 0.5) is 0 Å². The molecule has 116 valence electrons. The van der Waals surface area contributed by atoms with E-state index in [2.05, 4.69) is 72.5 Å². The maximum atomic E-state index is 2.68. The molecule has 0 saturated carbocycles. The molecule has 0 bridgehead atoms. The minimum atomic E-state index is 0.499. The lowest BCUT2D eigenvalue weighted by Gasteiger charge is -2.34. The number of hydrogen-bond acceptors (Lipinski definition) is 1. The van der Waals surface area contributed by atoms with Gasteiger partial charge in [-0.1, -0.05) is 67.1 Å². The molecular weight excluding hydrogens is 266 g/mol. The number of hydrogen-bond donors (Lipinski definition) is 0. The first kappa shape index (κ1) is 15.3. The molecule has 0 spiro atoms. The normalized spacial score (nSPS) is 17.5. The van der Waals surface area contributed by atoms with Crippen molar-refractivity contribution in [1.82, 2.24) is 4.90 Å². The van der Waals surface area contributed by atoms with E-state index in [9.17, 15) is 0 Å². The summed E-state index contributed by atoms with van der Waals surface area (Å²) >= 11 is 0. The Labute approximate surface area is 135 Å². The Balaban J connectivity index is 1.79. The standard InChI is InChI=1S/C21H27N/c1-18(22-15-9-4-10-16-22)17-21(19-11-5-2-6-12-19)20-13-7-3-8-14-20/h2-3,5-8,11-14,18,21H,4,9-10,15-17H2,1H3/t18-/m1/s1. The molecular formula is C21H27N. The topological polar surface area (TPSA) is 3.24 Å². The van der Waals surface area contributed by atoms with E-state index in [1.165, 1.54) is 49.9 Å². The van der Waals surface area contributed by atoms with Gasteiger partial charge in [0.25, 0.3) is 0 Å². The summed E-state index contributed by atoms with van der Waals surface area (Å²) in [6, 6.07) is 22.6. The van der Waals surface area contributed by atoms with Gasteiger partial charge in [0.1, 0.15) is 0 Å². The van der Waals surface area contributed by atoms with E-state index in [-0.39, 0.29) is 0 Å². The number of rotatable bonds is 5. The zero-order chi connectivity index (χ0) is 15.2. The van der Waals surface area contributed by atoms with Crippen LogP contribution < -0.4 is 0 Å². The van der Waals surface area contributed by atoms with Crippen molar-refractivity contribution in [1.29, 1.82) is 0 Å². The third-order valence-corrected chi connectivity index (χ3v) is 4.99. The molecule has 2 aromatic carbocycles. The summed E-state index contributed by atoms with van der Waals surface area (Å²) in [4.78, 5) is 2.68. The van der Waals surface area contributed by atoms with Crippen LogP contribution in [0.25, 0.3) is 0 Å². The van der Waals surface area contributed by atoms with Gasteiger partial charge in [-0.3, -0.25) is 0 Å². The van der Waals surface area contributed by atoms with Gasteiger partial charge in [0.05, 0.1) is 0 Å². The highest BCUT2D eigenvalue weighted by Gasteiger charge is 2.22. The molecule has 0 amide bonds. The fraction of sp³-hybridized carbons (Fsp3) is 0.429. The van der Waals surface area contributed by atoms with Crippen molar-refractivity contribution in [3.8, 4) is 0 Å². The molecule has 0 aromatic heterocycles. The van der Waals surface area contributed by atoms with E-state index in [0.717, 1.165) is 0 Å². The molecule has 22 heavy (non-hydrogen) atoms. The second kappa shape index (κ2) is 7.60. The molecule has 0 unspecified atom stereocenters. The van der Waals surface area contributed by atoms with E-state index in [4.69, 9.17) is 0 Å². The lowest BCUT2D eigenvalue weighted by molar-refractivity contribution is 0.163. The maximum Gasteiger partial charge on any atom is 0.0104 e. The molecule has 1 nitrogen and oxygen atoms in total. The van der Waals surface area contributed by atoms with Crippen LogP contribution in [0.2, 0.25) is 0 Å². The quantitative estimate of drug-likeness (QED) is 0.743. The van der Waals surface area contributed by atoms with Crippen LogP contribution in [0, 0.1) is 0 Å². The van der Waals surface area contributed by atoms with Crippen molar-refractivity contribution in [3.05, 3.63) is 71.8 Å². The SMILES string of the molecule is C[C@H](CC(c1ccccc1)c1ccccc1)N1CCCCC1. The van der Waals surface area contributed by atoms with Crippen LogP contribution in [-0.4, -0.2) is 24.0 Å². The largest absolute Gasteiger partial charge is 0.301 e. The van der Waals surface area contributed by atoms with Crippen LogP contribution >= 0.6 is 0 Å². The minimum absolute atomic E-state index is 0.499. The Bertz CT molecular complexity index is 503. The van der Waals surface area contributed by atoms with Crippen molar-refractivity contribution in [2.45, 2.75) is 44.6 Å². The Hall–Kier alpha value is -1.60. The smallest absolute Gasteiger partial charge is 0.0104 e. The molecule has 0 N–H and O–H groups in total. The zero-order valence-electron chi connectivity index (χ0n) is 13.6. The highest BCUT2D eigenvalue weighted by atomic mass is 15.1. The summed E-state index contributed by atoms with van der Waals surface area (Å²) in [5.74, 6) is 0.499. The highest BCUT2D eigenvalue weighted by molar-refractivity contribution is 5.32. The molecule has 1 saturated heterocycles. The molecule has 2 aromatic rings. The van der Waals surface area contributed by atoms with Crippen molar-refractivity contribution >= 4 is 0 Å². The first-order valence-corrected chi connectivity index (χ1v) is 8.68. The average molecular weight is 293 g/mol. The van der Waals surface area contributed by atoms with Crippen LogP contribution in [0.15, 0.2) is 60.7 Å². The first-order chi connectivity index (χ1) is 10.8. The summed E-state index contributed by atoms with van der Waals surface area (Å²) < 4.78 is 0. The molecule has 1 fully saturated rings. The summed E-state index contributed by atoms with van der Waals surface area (Å²) in [7, 11) is 0. The fourth-order valence-corrected chi connectivity index (χ4v) is 3.68. The van der Waals surface area contributed by atoms with E-state index >= 15 is 0 Å². The predicted octanol–water partition coefficient (Wildman–Crippen LogP) is 5.08. The molecule has 3 rings (SSSR count). The van der Waals surface area contributed by atoms with Crippen molar-refractivity contribution in [2.75, 3.05) is 13.1 Å². The number of benzene rings is 2. The summed E-state index contributed by atoms with van der Waals surface area (Å²) in [6.45, 7) is 4.96. The molecule has 1 heterocycles. The average Bonchev–Trinajstić information content (AvgIpc) is 2.62. The van der Waals surface area contributed by atoms with Gasteiger partial charge in [0.15, 0.2) is 0 Å². The van der Waals surface area contributed by atoms with Gasteiger partial charge in [0.2, 0.25) is 0 Å². The Morgan fingerprint density at radius 1 is 0.773 bits per heavy atom. The monoisotopic (exact) mass is 293 g/mol. The van der Waals surface area contributed by atoms with E-state index in [1.54, 1.807) is 0 Å². The van der Waals surface area contributed by atoms with Gasteiger partial charge in [0, 0.05) is 12.0 Å². The number of piperidine rings is 1. The second-order valence-electron chi connectivity index (χ2n) is 6.56. The lowest BCUT2D eigenvalue weighted by Crippen LogP contribution is -2.38. The van der Waals surface area contributed by atoms with Gasteiger partial charge in [-0.15, -0.1) is 0 Å². The maximum absolute atomic E-state index is 2.68. The van der Waals surface area contributed by atoms with Crippen LogP contribution in [-0.2, 0) is 0 Å². The minimum Gasteiger partial charge on any atom is -0.301 e. The number of likely N-dealkylation sites (tertiary alicyclic amines) is 1. The van der Waals surface area contributed by atoms with Gasteiger partial charge >= 0.3 is 0 Å². The molecule has 0 radical (unpaired) electrons. The van der Waals surface area contributed by atoms with Gasteiger partial charge in [-0.05, 0) is 50.4 Å². The Morgan fingerprint density at radius 2 is 1.27 bits per heavy atom. The predicted molar refractivity (Wildman–Crippen MR) is 94.2 cm³/mol. The molecule has 1 heteroatoms. The summed E-state index contributed by atoms with van der Waals surface area (Å²) in [5.41, 5.74) is 2.88. The van der Waals surface area contributed by atoms with Gasteiger partial charge in [-0.2, -0.15) is 0 Å². The summed E-state index contributed by atoms with van der Waals surface area (Å²) in [5, 5.41) is 0. The Kier molecular flexibility index (Phi) is 5.29. The molecule has 1 aliphatic heterocycles. The Morgan fingerprint density at radius 3 is 1.77 bits per heavy atom. The molecule has 1 aliphatic rings. The molecule has 1 atom stereocenters. The zero-order valence-corrected chi connectivity index (χ0v) is 13.6. The number of nitrogens with zero attached hydrogens (tertiary/aromatic N) is 1. The molecule has 0 aliphatic carbocycles. The van der Waals surface area contributed by atoms with Gasteiger partial charge < -0.3 is 4.90 Å². The highest BCUT2D eigenvalue weighted by Crippen LogP contribution is 2.31. The van der Waals surface area contributed by atoms with Crippen molar-refractivity contribution in [2.24, 2.45) is 0 Å². The van der Waals surface area contributed by atoms with E-state index in [1.807, 2.05) is 0 Å². The van der Waals surface area contributed by atoms with Crippen molar-refractivity contribution in [3.63, 3.8) is 0 Å². The van der Waals surface area contributed by atoms with E-state index in [0.29, 0.717) is 12.0 Å². The lowest BCUT2D eigenvalue weighted by atomic mass is 9.85. The first-order valence-electron chi connectivity index (χ1n) is 8.68. The summed E-state index contributed by atoms with van der Waals surface area (Å²) in [6.07, 6.45) is 5.34.